The predicted octanol–water partition coefficient (Wildman–Crippen LogP) is -0.866. The first-order valence-corrected chi connectivity index (χ1v) is 6.66. The minimum absolute atomic E-state index is 0.0668. The third kappa shape index (κ3) is 5.68. The lowest BCUT2D eigenvalue weighted by molar-refractivity contribution is -0.121. The number of ether oxygens (including phenoxy) is 1. The monoisotopic (exact) mass is 285 g/mol. The number of aliphatic hydroxyl groups is 1. The molecule has 1 heterocycles. The van der Waals surface area contributed by atoms with E-state index in [-0.39, 0.29) is 18.9 Å². The van der Waals surface area contributed by atoms with E-state index in [1.165, 1.54) is 6.08 Å². The van der Waals surface area contributed by atoms with Gasteiger partial charge in [0, 0.05) is 32.4 Å². The fraction of sp³-hybridized carbons (Fsp3) is 0.692. The largest absolute Gasteiger partial charge is 0.395 e. The normalized spacial score (nSPS) is 22.4. The van der Waals surface area contributed by atoms with Gasteiger partial charge in [-0.05, 0) is 19.9 Å². The highest BCUT2D eigenvalue weighted by Gasteiger charge is 2.27. The lowest BCUT2D eigenvalue weighted by Gasteiger charge is -2.24. The maximum Gasteiger partial charge on any atom is 0.251 e. The first-order valence-electron chi connectivity index (χ1n) is 6.66. The van der Waals surface area contributed by atoms with E-state index in [1.807, 2.05) is 29.2 Å². The van der Waals surface area contributed by atoms with Crippen LogP contribution in [0.5, 0.6) is 0 Å². The summed E-state index contributed by atoms with van der Waals surface area (Å²) in [5.41, 5.74) is 0. The molecule has 0 bridgehead atoms. The Labute approximate surface area is 119 Å². The van der Waals surface area contributed by atoms with Gasteiger partial charge < -0.3 is 19.6 Å². The molecule has 20 heavy (non-hydrogen) atoms. The van der Waals surface area contributed by atoms with Crippen LogP contribution < -0.4 is 5.32 Å². The fourth-order valence-electron chi connectivity index (χ4n) is 2.12. The number of amides is 2. The molecular weight excluding hydrogens is 262 g/mol. The van der Waals surface area contributed by atoms with Gasteiger partial charge in [0.25, 0.3) is 5.91 Å². The van der Waals surface area contributed by atoms with Crippen LogP contribution in [0, 0.1) is 0 Å². The predicted molar refractivity (Wildman–Crippen MR) is 73.6 cm³/mol. The number of hydrogen-bond donors (Lipinski definition) is 2. The number of hydrogen-bond acceptors (Lipinski definition) is 6. The lowest BCUT2D eigenvalue weighted by atomic mass is 10.2. The molecule has 0 saturated carbocycles. The van der Waals surface area contributed by atoms with Gasteiger partial charge in [-0.2, -0.15) is 0 Å². The molecule has 1 fully saturated rings. The number of carbonyl (C=O) groups excluding carboxylic acids is 2. The lowest BCUT2D eigenvalue weighted by Crippen LogP contribution is -2.33. The maximum absolute atomic E-state index is 11.1. The molecular formula is C13H23N3O4. The van der Waals surface area contributed by atoms with Gasteiger partial charge in [0.05, 0.1) is 12.7 Å². The summed E-state index contributed by atoms with van der Waals surface area (Å²) in [6, 6.07) is 0. The van der Waals surface area contributed by atoms with E-state index in [4.69, 9.17) is 9.84 Å². The molecule has 2 amide bonds. The SMILES string of the molecule is CN(CCO)CC1CCC(N(C)/C=C\C(=O)NC=O)O1. The molecule has 2 unspecified atom stereocenters. The Morgan fingerprint density at radius 3 is 2.85 bits per heavy atom. The molecule has 0 aromatic rings. The van der Waals surface area contributed by atoms with Gasteiger partial charge in [0.2, 0.25) is 6.41 Å². The van der Waals surface area contributed by atoms with Gasteiger partial charge >= 0.3 is 0 Å². The first-order chi connectivity index (χ1) is 9.56. The molecule has 0 spiro atoms. The third-order valence-corrected chi connectivity index (χ3v) is 3.20. The van der Waals surface area contributed by atoms with Gasteiger partial charge in [0.1, 0.15) is 6.23 Å². The first kappa shape index (κ1) is 16.6. The van der Waals surface area contributed by atoms with Crippen molar-refractivity contribution in [3.63, 3.8) is 0 Å². The Bertz CT molecular complexity index is 349. The minimum atomic E-state index is -0.455. The Kier molecular flexibility index (Phi) is 7.21. The van der Waals surface area contributed by atoms with Crippen LogP contribution in [0.1, 0.15) is 12.8 Å². The molecule has 0 aromatic carbocycles. The van der Waals surface area contributed by atoms with E-state index < -0.39 is 5.91 Å². The van der Waals surface area contributed by atoms with Crippen LogP contribution in [0.3, 0.4) is 0 Å². The maximum atomic E-state index is 11.1. The van der Waals surface area contributed by atoms with Gasteiger partial charge in [-0.3, -0.25) is 14.9 Å². The van der Waals surface area contributed by atoms with Gasteiger partial charge in [-0.1, -0.05) is 0 Å². The summed E-state index contributed by atoms with van der Waals surface area (Å²) in [5, 5.41) is 10.9. The molecule has 7 heteroatoms. The van der Waals surface area contributed by atoms with Crippen molar-refractivity contribution in [2.24, 2.45) is 0 Å². The van der Waals surface area contributed by atoms with Crippen LogP contribution in [-0.4, -0.2) is 73.3 Å². The van der Waals surface area contributed by atoms with E-state index in [9.17, 15) is 9.59 Å². The van der Waals surface area contributed by atoms with E-state index in [1.54, 1.807) is 6.20 Å². The molecule has 2 atom stereocenters. The Balaban J connectivity index is 2.35. The zero-order valence-corrected chi connectivity index (χ0v) is 12.0. The summed E-state index contributed by atoms with van der Waals surface area (Å²) < 4.78 is 5.88. The van der Waals surface area contributed by atoms with Gasteiger partial charge in [-0.15, -0.1) is 0 Å². The van der Waals surface area contributed by atoms with Crippen molar-refractivity contribution in [2.45, 2.75) is 25.2 Å². The van der Waals surface area contributed by atoms with Crippen LogP contribution in [0.15, 0.2) is 12.3 Å². The quantitative estimate of drug-likeness (QED) is 0.446. The smallest absolute Gasteiger partial charge is 0.251 e. The Hall–Kier alpha value is -1.44. The summed E-state index contributed by atoms with van der Waals surface area (Å²) in [4.78, 5) is 25.0. The summed E-state index contributed by atoms with van der Waals surface area (Å²) in [6.45, 7) is 1.55. The summed E-state index contributed by atoms with van der Waals surface area (Å²) in [5.74, 6) is -0.455. The number of rotatable bonds is 8. The highest BCUT2D eigenvalue weighted by molar-refractivity contribution is 5.94. The van der Waals surface area contributed by atoms with Crippen LogP contribution >= 0.6 is 0 Å². The molecule has 1 aliphatic heterocycles. The van der Waals surface area contributed by atoms with Crippen LogP contribution in [0.4, 0.5) is 0 Å². The van der Waals surface area contributed by atoms with Crippen molar-refractivity contribution in [1.29, 1.82) is 0 Å². The van der Waals surface area contributed by atoms with E-state index in [2.05, 4.69) is 0 Å². The second-order valence-electron chi connectivity index (χ2n) is 4.88. The standard InChI is InChI=1S/C13H23N3O4/c1-15(7-8-17)9-11-3-4-13(20-11)16(2)6-5-12(19)14-10-18/h5-6,10-11,13,17H,3-4,7-9H2,1-2H3,(H,14,18,19)/b6-5-. The zero-order chi connectivity index (χ0) is 15.0. The van der Waals surface area contributed by atoms with Crippen molar-refractivity contribution in [3.05, 3.63) is 12.3 Å². The number of likely N-dealkylation sites (N-methyl/N-ethyl adjacent to an activating group) is 1. The van der Waals surface area contributed by atoms with Crippen molar-refractivity contribution in [1.82, 2.24) is 15.1 Å². The second kappa shape index (κ2) is 8.68. The van der Waals surface area contributed by atoms with Crippen LogP contribution in [0.2, 0.25) is 0 Å². The third-order valence-electron chi connectivity index (χ3n) is 3.20. The van der Waals surface area contributed by atoms with Crippen molar-refractivity contribution in [3.8, 4) is 0 Å². The van der Waals surface area contributed by atoms with E-state index >= 15 is 0 Å². The Morgan fingerprint density at radius 1 is 1.45 bits per heavy atom. The van der Waals surface area contributed by atoms with Crippen molar-refractivity contribution in [2.75, 3.05) is 33.8 Å². The molecule has 2 N–H and O–H groups in total. The molecule has 114 valence electrons. The topological polar surface area (TPSA) is 82.1 Å². The van der Waals surface area contributed by atoms with Crippen LogP contribution in [-0.2, 0) is 14.3 Å². The van der Waals surface area contributed by atoms with Crippen molar-refractivity contribution >= 4 is 12.3 Å². The van der Waals surface area contributed by atoms with Gasteiger partial charge in [0.15, 0.2) is 0 Å². The van der Waals surface area contributed by atoms with E-state index in [0.29, 0.717) is 13.0 Å². The molecule has 1 saturated heterocycles. The number of imide groups is 1. The average Bonchev–Trinajstić information content (AvgIpc) is 2.85. The molecule has 0 radical (unpaired) electrons. The van der Waals surface area contributed by atoms with Gasteiger partial charge in [-0.25, -0.2) is 0 Å². The summed E-state index contributed by atoms with van der Waals surface area (Å²) >= 11 is 0. The van der Waals surface area contributed by atoms with Crippen LogP contribution in [0.25, 0.3) is 0 Å². The molecule has 0 aliphatic carbocycles. The van der Waals surface area contributed by atoms with E-state index in [0.717, 1.165) is 19.4 Å². The Morgan fingerprint density at radius 2 is 2.20 bits per heavy atom. The molecule has 1 aliphatic rings. The zero-order valence-electron chi connectivity index (χ0n) is 12.0. The number of aliphatic hydroxyl groups excluding tert-OH is 1. The number of nitrogens with zero attached hydrogens (tertiary/aromatic N) is 2. The minimum Gasteiger partial charge on any atom is -0.395 e. The molecule has 0 aromatic heterocycles. The summed E-state index contributed by atoms with van der Waals surface area (Å²) in [6.07, 6.45) is 5.14. The molecule has 1 rings (SSSR count). The number of carbonyl (C=O) groups is 2. The highest BCUT2D eigenvalue weighted by Crippen LogP contribution is 2.22. The number of nitrogens with one attached hydrogen (secondary N) is 1. The average molecular weight is 285 g/mol. The summed E-state index contributed by atoms with van der Waals surface area (Å²) in [7, 11) is 3.77. The fourth-order valence-corrected chi connectivity index (χ4v) is 2.12. The molecule has 7 nitrogen and oxygen atoms in total. The highest BCUT2D eigenvalue weighted by atomic mass is 16.5. The van der Waals surface area contributed by atoms with Crippen molar-refractivity contribution < 1.29 is 19.4 Å². The second-order valence-corrected chi connectivity index (χ2v) is 4.88.